The molecule has 0 bridgehead atoms. The van der Waals surface area contributed by atoms with Gasteiger partial charge in [0.05, 0.1) is 22.2 Å². The average molecular weight is 750 g/mol. The van der Waals surface area contributed by atoms with Gasteiger partial charge in [-0.2, -0.15) is 10.5 Å². The van der Waals surface area contributed by atoms with Crippen LogP contribution in [0.2, 0.25) is 0 Å². The van der Waals surface area contributed by atoms with E-state index in [0.29, 0.717) is 11.1 Å². The van der Waals surface area contributed by atoms with Crippen molar-refractivity contribution in [1.82, 2.24) is 4.57 Å². The Morgan fingerprint density at radius 2 is 0.729 bits per heavy atom. The Morgan fingerprint density at radius 3 is 1.17 bits per heavy atom. The molecule has 0 aliphatic heterocycles. The summed E-state index contributed by atoms with van der Waals surface area (Å²) in [5.41, 5.74) is 16.3. The molecule has 3 nitrogen and oxygen atoms in total. The summed E-state index contributed by atoms with van der Waals surface area (Å²) in [6, 6.07) is 78.4. The Labute approximate surface area is 343 Å². The summed E-state index contributed by atoms with van der Waals surface area (Å²) in [4.78, 5) is 0. The molecule has 0 spiro atoms. The van der Waals surface area contributed by atoms with Crippen LogP contribution in [0.5, 0.6) is 0 Å². The summed E-state index contributed by atoms with van der Waals surface area (Å²) >= 11 is 0. The first-order chi connectivity index (χ1) is 29.2. The van der Waals surface area contributed by atoms with Crippen molar-refractivity contribution in [2.24, 2.45) is 0 Å². The Kier molecular flexibility index (Phi) is 8.96. The second kappa shape index (κ2) is 15.0. The van der Waals surface area contributed by atoms with Crippen molar-refractivity contribution in [2.75, 3.05) is 0 Å². The summed E-state index contributed by atoms with van der Waals surface area (Å²) in [5.74, 6) is 0. The average Bonchev–Trinajstić information content (AvgIpc) is 3.66. The smallest absolute Gasteiger partial charge is 0.100 e. The lowest BCUT2D eigenvalue weighted by atomic mass is 9.87. The van der Waals surface area contributed by atoms with Crippen LogP contribution in [0.3, 0.4) is 0 Å². The van der Waals surface area contributed by atoms with E-state index in [1.54, 1.807) is 0 Å². The van der Waals surface area contributed by atoms with Gasteiger partial charge in [-0.15, -0.1) is 0 Å². The maximum atomic E-state index is 10.7. The lowest BCUT2D eigenvalue weighted by molar-refractivity contribution is 1.18. The highest BCUT2D eigenvalue weighted by Gasteiger charge is 2.21. The molecule has 0 aliphatic rings. The molecule has 0 N–H and O–H groups in total. The van der Waals surface area contributed by atoms with Gasteiger partial charge < -0.3 is 4.57 Å². The summed E-state index contributed by atoms with van der Waals surface area (Å²) in [6.07, 6.45) is 0. The van der Waals surface area contributed by atoms with E-state index in [-0.39, 0.29) is 0 Å². The molecule has 0 atom stereocenters. The van der Waals surface area contributed by atoms with Crippen LogP contribution in [0.15, 0.2) is 212 Å². The molecule has 1 heterocycles. The van der Waals surface area contributed by atoms with E-state index in [1.165, 1.54) is 0 Å². The number of hydrogen-bond donors (Lipinski definition) is 0. The van der Waals surface area contributed by atoms with E-state index in [1.807, 2.05) is 78.9 Å². The molecule has 0 saturated heterocycles. The number of benzene rings is 9. The minimum atomic E-state index is 0.650. The van der Waals surface area contributed by atoms with E-state index in [4.69, 9.17) is 0 Å². The molecule has 10 aromatic rings. The first-order valence-corrected chi connectivity index (χ1v) is 19.7. The zero-order valence-corrected chi connectivity index (χ0v) is 32.0. The van der Waals surface area contributed by atoms with Gasteiger partial charge in [0.25, 0.3) is 0 Å². The van der Waals surface area contributed by atoms with E-state index in [0.717, 1.165) is 94.3 Å². The quantitative estimate of drug-likeness (QED) is 0.163. The van der Waals surface area contributed by atoms with Crippen molar-refractivity contribution in [1.29, 1.82) is 10.5 Å². The van der Waals surface area contributed by atoms with Crippen molar-refractivity contribution < 1.29 is 0 Å². The lowest BCUT2D eigenvalue weighted by Crippen LogP contribution is -1.94. The topological polar surface area (TPSA) is 52.5 Å². The fourth-order valence-electron chi connectivity index (χ4n) is 8.57. The lowest BCUT2D eigenvalue weighted by Gasteiger charge is -2.15. The molecular weight excluding hydrogens is 715 g/mol. The van der Waals surface area contributed by atoms with Crippen molar-refractivity contribution in [3.05, 3.63) is 223 Å². The third-order valence-electron chi connectivity index (χ3n) is 11.3. The number of hydrogen-bond acceptors (Lipinski definition) is 2. The molecule has 0 amide bonds. The molecule has 10 rings (SSSR count). The Bertz CT molecular complexity index is 3120. The Hall–Kier alpha value is -8.24. The molecule has 0 aliphatic carbocycles. The third kappa shape index (κ3) is 6.25. The molecule has 0 unspecified atom stereocenters. The first kappa shape index (κ1) is 35.2. The van der Waals surface area contributed by atoms with Crippen LogP contribution in [0.25, 0.3) is 94.3 Å². The van der Waals surface area contributed by atoms with Crippen molar-refractivity contribution >= 4 is 21.8 Å². The minimum absolute atomic E-state index is 0.650. The zero-order chi connectivity index (χ0) is 39.7. The number of fused-ring (bicyclic) bond motifs is 3. The van der Waals surface area contributed by atoms with Crippen molar-refractivity contribution in [3.63, 3.8) is 0 Å². The second-order valence-electron chi connectivity index (χ2n) is 14.7. The number of nitriles is 2. The monoisotopic (exact) mass is 749 g/mol. The van der Waals surface area contributed by atoms with Gasteiger partial charge in [-0.05, 0) is 99.1 Å². The number of rotatable bonds is 7. The molecule has 0 saturated carbocycles. The number of nitrogens with zero attached hydrogens (tertiary/aromatic N) is 3. The predicted molar refractivity (Wildman–Crippen MR) is 243 cm³/mol. The Balaban J connectivity index is 1.28. The molecule has 0 fully saturated rings. The van der Waals surface area contributed by atoms with E-state index < -0.39 is 0 Å². The highest BCUT2D eigenvalue weighted by molar-refractivity contribution is 6.17. The van der Waals surface area contributed by atoms with Gasteiger partial charge in [0.1, 0.15) is 12.1 Å². The summed E-state index contributed by atoms with van der Waals surface area (Å²) in [5, 5.41) is 23.6. The van der Waals surface area contributed by atoms with Crippen molar-refractivity contribution in [3.8, 4) is 84.6 Å². The van der Waals surface area contributed by atoms with Gasteiger partial charge in [0.15, 0.2) is 0 Å². The summed E-state index contributed by atoms with van der Waals surface area (Å²) < 4.78 is 2.35. The number of aromatic nitrogens is 1. The maximum Gasteiger partial charge on any atom is 0.100 e. The summed E-state index contributed by atoms with van der Waals surface area (Å²) in [7, 11) is 0. The minimum Gasteiger partial charge on any atom is -0.309 e. The zero-order valence-electron chi connectivity index (χ0n) is 32.0. The van der Waals surface area contributed by atoms with Gasteiger partial charge in [0, 0.05) is 38.7 Å². The molecule has 1 aromatic heterocycles. The van der Waals surface area contributed by atoms with Crippen LogP contribution in [-0.4, -0.2) is 4.57 Å². The van der Waals surface area contributed by atoms with Crippen LogP contribution < -0.4 is 0 Å². The molecule has 9 aromatic carbocycles. The highest BCUT2D eigenvalue weighted by Crippen LogP contribution is 2.44. The Morgan fingerprint density at radius 1 is 0.305 bits per heavy atom. The first-order valence-electron chi connectivity index (χ1n) is 19.7. The van der Waals surface area contributed by atoms with Crippen LogP contribution in [0.1, 0.15) is 11.1 Å². The van der Waals surface area contributed by atoms with Gasteiger partial charge in [-0.3, -0.25) is 0 Å². The molecule has 59 heavy (non-hydrogen) atoms. The van der Waals surface area contributed by atoms with Crippen LogP contribution in [-0.2, 0) is 0 Å². The van der Waals surface area contributed by atoms with Crippen LogP contribution in [0.4, 0.5) is 0 Å². The maximum absolute atomic E-state index is 10.7. The standard InChI is InChI=1S/C56H35N3/c57-36-52-47(38-17-6-1-7-18-38)32-43(33-48(52)39-19-8-2-9-20-39)42-29-30-54-51(31-42)56-46(27-16-28-55(56)59(54)45-25-14-5-15-26-45)44-34-49(40-21-10-3-11-22-40)53(37-58)50(35-44)41-23-12-4-13-24-41/h1-35H. The van der Waals surface area contributed by atoms with E-state index in [2.05, 4.69) is 150 Å². The van der Waals surface area contributed by atoms with Crippen LogP contribution >= 0.6 is 0 Å². The fourth-order valence-corrected chi connectivity index (χ4v) is 8.57. The SMILES string of the molecule is N#Cc1c(-c2ccccc2)cc(-c2ccc3c(c2)c2c(-c4cc(-c5ccccc5)c(C#N)c(-c5ccccc5)c4)cccc2n3-c2ccccc2)cc1-c1ccccc1. The van der Waals surface area contributed by atoms with Gasteiger partial charge in [-0.1, -0.05) is 158 Å². The molecule has 3 heteroatoms. The van der Waals surface area contributed by atoms with Crippen molar-refractivity contribution in [2.45, 2.75) is 0 Å². The number of para-hydroxylation sites is 1. The predicted octanol–water partition coefficient (Wildman–Crippen LogP) is 14.5. The largest absolute Gasteiger partial charge is 0.309 e. The van der Waals surface area contributed by atoms with E-state index in [9.17, 15) is 10.5 Å². The summed E-state index contributed by atoms with van der Waals surface area (Å²) in [6.45, 7) is 0. The van der Waals surface area contributed by atoms with E-state index >= 15 is 0 Å². The normalized spacial score (nSPS) is 11.0. The highest BCUT2D eigenvalue weighted by atomic mass is 15.0. The third-order valence-corrected chi connectivity index (χ3v) is 11.3. The second-order valence-corrected chi connectivity index (χ2v) is 14.7. The van der Waals surface area contributed by atoms with Gasteiger partial charge >= 0.3 is 0 Å². The fraction of sp³-hybridized carbons (Fsp3) is 0. The molecule has 0 radical (unpaired) electrons. The molecule has 274 valence electrons. The van der Waals surface area contributed by atoms with Gasteiger partial charge in [0.2, 0.25) is 0 Å². The molecular formula is C56H35N3. The van der Waals surface area contributed by atoms with Gasteiger partial charge in [-0.25, -0.2) is 0 Å². The van der Waals surface area contributed by atoms with Crippen LogP contribution in [0, 0.1) is 22.7 Å².